The molecule has 0 aliphatic carbocycles. The summed E-state index contributed by atoms with van der Waals surface area (Å²) in [4.78, 5) is 0. The van der Waals surface area contributed by atoms with Crippen LogP contribution in [0.5, 0.6) is 0 Å². The van der Waals surface area contributed by atoms with Crippen LogP contribution in [0.25, 0.3) is 0 Å². The Hall–Kier alpha value is -1.02. The van der Waals surface area contributed by atoms with Gasteiger partial charge in [-0.05, 0) is 13.8 Å². The lowest BCUT2D eigenvalue weighted by molar-refractivity contribution is -0.000195. The first-order valence-corrected chi connectivity index (χ1v) is 7.56. The lowest BCUT2D eigenvalue weighted by Crippen LogP contribution is -2.12. The Bertz CT molecular complexity index is 347. The fourth-order valence-electron chi connectivity index (χ4n) is 1.59. The van der Waals surface area contributed by atoms with Crippen molar-refractivity contribution in [2.75, 3.05) is 52.9 Å². The number of aromatic nitrogens is 3. The molecule has 0 radical (unpaired) electrons. The summed E-state index contributed by atoms with van der Waals surface area (Å²) >= 11 is 0. The number of rotatable bonds is 14. The average Bonchev–Trinajstić information content (AvgIpc) is 2.96. The molecule has 0 N–H and O–H groups in total. The minimum atomic E-state index is 0.580. The summed E-state index contributed by atoms with van der Waals surface area (Å²) < 4.78 is 23.2. The Morgan fingerprint density at radius 3 is 1.95 bits per heavy atom. The Kier molecular flexibility index (Phi) is 10.9. The lowest BCUT2D eigenvalue weighted by atomic mass is 10.3. The van der Waals surface area contributed by atoms with Crippen molar-refractivity contribution in [2.45, 2.75) is 26.8 Å². The van der Waals surface area contributed by atoms with Gasteiger partial charge in [0.25, 0.3) is 0 Å². The largest absolute Gasteiger partial charge is 0.379 e. The molecule has 7 heteroatoms. The van der Waals surface area contributed by atoms with E-state index in [2.05, 4.69) is 10.3 Å². The van der Waals surface area contributed by atoms with E-state index in [-0.39, 0.29) is 0 Å². The van der Waals surface area contributed by atoms with Gasteiger partial charge in [-0.1, -0.05) is 5.21 Å². The van der Waals surface area contributed by atoms with E-state index in [1.807, 2.05) is 24.7 Å². The molecule has 0 unspecified atom stereocenters. The molecule has 0 fully saturated rings. The van der Waals surface area contributed by atoms with Crippen LogP contribution in [0.4, 0.5) is 0 Å². The van der Waals surface area contributed by atoms with Crippen LogP contribution in [0.3, 0.4) is 0 Å². The first-order valence-electron chi connectivity index (χ1n) is 7.56. The van der Waals surface area contributed by atoms with Crippen molar-refractivity contribution in [3.63, 3.8) is 0 Å². The molecule has 0 saturated carbocycles. The predicted molar refractivity (Wildman–Crippen MR) is 78.4 cm³/mol. The maximum absolute atomic E-state index is 5.48. The molecule has 0 atom stereocenters. The molecule has 0 spiro atoms. The standard InChI is InChI=1S/C14H27N3O4/c1-3-17-13-14(15-16-17)5-6-19-9-10-21-12-11-20-8-7-18-4-2/h13H,3-12H2,1-2H3. The second-order valence-electron chi connectivity index (χ2n) is 4.35. The summed E-state index contributed by atoms with van der Waals surface area (Å²) in [6.07, 6.45) is 2.72. The molecule has 122 valence electrons. The van der Waals surface area contributed by atoms with Crippen LogP contribution in [0.2, 0.25) is 0 Å². The molecule has 21 heavy (non-hydrogen) atoms. The monoisotopic (exact) mass is 301 g/mol. The second-order valence-corrected chi connectivity index (χ2v) is 4.35. The number of aryl methyl sites for hydroxylation is 1. The molecule has 1 rings (SSSR count). The van der Waals surface area contributed by atoms with Crippen molar-refractivity contribution >= 4 is 0 Å². The Labute approximate surface area is 126 Å². The molecule has 0 aromatic carbocycles. The third-order valence-corrected chi connectivity index (χ3v) is 2.73. The van der Waals surface area contributed by atoms with Gasteiger partial charge < -0.3 is 18.9 Å². The van der Waals surface area contributed by atoms with Gasteiger partial charge in [0.2, 0.25) is 0 Å². The molecule has 1 aromatic rings. The van der Waals surface area contributed by atoms with Crippen molar-refractivity contribution in [1.82, 2.24) is 15.0 Å². The zero-order chi connectivity index (χ0) is 15.2. The van der Waals surface area contributed by atoms with Crippen LogP contribution in [0.15, 0.2) is 6.20 Å². The highest BCUT2D eigenvalue weighted by Gasteiger charge is 1.99. The van der Waals surface area contributed by atoms with Crippen molar-refractivity contribution in [3.8, 4) is 0 Å². The van der Waals surface area contributed by atoms with Crippen molar-refractivity contribution in [1.29, 1.82) is 0 Å². The highest BCUT2D eigenvalue weighted by molar-refractivity contribution is 4.91. The predicted octanol–water partition coefficient (Wildman–Crippen LogP) is 0.927. The number of ether oxygens (including phenoxy) is 4. The van der Waals surface area contributed by atoms with E-state index in [1.165, 1.54) is 0 Å². The Morgan fingerprint density at radius 1 is 0.857 bits per heavy atom. The van der Waals surface area contributed by atoms with Crippen LogP contribution in [0.1, 0.15) is 19.5 Å². The third-order valence-electron chi connectivity index (χ3n) is 2.73. The highest BCUT2D eigenvalue weighted by atomic mass is 16.6. The van der Waals surface area contributed by atoms with Gasteiger partial charge in [-0.25, -0.2) is 0 Å². The van der Waals surface area contributed by atoms with E-state index in [4.69, 9.17) is 18.9 Å². The highest BCUT2D eigenvalue weighted by Crippen LogP contribution is 1.95. The lowest BCUT2D eigenvalue weighted by Gasteiger charge is -2.06. The van der Waals surface area contributed by atoms with Gasteiger partial charge >= 0.3 is 0 Å². The van der Waals surface area contributed by atoms with E-state index in [9.17, 15) is 0 Å². The summed E-state index contributed by atoms with van der Waals surface area (Å²) in [6.45, 7) is 9.80. The molecule has 0 aliphatic heterocycles. The van der Waals surface area contributed by atoms with Gasteiger partial charge in [-0.3, -0.25) is 4.68 Å². The SMILES string of the molecule is CCOCCOCCOCCOCCc1cn(CC)nn1. The first-order chi connectivity index (χ1) is 10.4. The van der Waals surface area contributed by atoms with Crippen LogP contribution in [-0.4, -0.2) is 67.8 Å². The van der Waals surface area contributed by atoms with Crippen molar-refractivity contribution < 1.29 is 18.9 Å². The van der Waals surface area contributed by atoms with E-state index < -0.39 is 0 Å². The zero-order valence-corrected chi connectivity index (χ0v) is 13.1. The Balaban J connectivity index is 1.80. The van der Waals surface area contributed by atoms with Gasteiger partial charge in [0, 0.05) is 25.8 Å². The quantitative estimate of drug-likeness (QED) is 0.476. The zero-order valence-electron chi connectivity index (χ0n) is 13.1. The summed E-state index contributed by atoms with van der Waals surface area (Å²) in [5.74, 6) is 0. The van der Waals surface area contributed by atoms with Gasteiger partial charge in [-0.2, -0.15) is 0 Å². The molecule has 0 amide bonds. The molecule has 0 bridgehead atoms. The van der Waals surface area contributed by atoms with E-state index >= 15 is 0 Å². The maximum atomic E-state index is 5.48. The summed E-state index contributed by atoms with van der Waals surface area (Å²) in [6, 6.07) is 0. The van der Waals surface area contributed by atoms with E-state index in [0.717, 1.165) is 25.3 Å². The summed E-state index contributed by atoms with van der Waals surface area (Å²) in [5, 5.41) is 8.02. The molecular formula is C14H27N3O4. The fourth-order valence-corrected chi connectivity index (χ4v) is 1.59. The summed E-state index contributed by atoms with van der Waals surface area (Å²) in [5.41, 5.74) is 0.959. The van der Waals surface area contributed by atoms with E-state index in [0.29, 0.717) is 46.2 Å². The third kappa shape index (κ3) is 9.52. The molecule has 0 saturated heterocycles. The number of hydrogen-bond acceptors (Lipinski definition) is 6. The minimum Gasteiger partial charge on any atom is -0.379 e. The van der Waals surface area contributed by atoms with Crippen LogP contribution >= 0.6 is 0 Å². The molecular weight excluding hydrogens is 274 g/mol. The Morgan fingerprint density at radius 2 is 1.43 bits per heavy atom. The first kappa shape index (κ1) is 18.0. The molecule has 1 heterocycles. The van der Waals surface area contributed by atoms with Gasteiger partial charge in [0.1, 0.15) is 0 Å². The normalized spacial score (nSPS) is 11.1. The fraction of sp³-hybridized carbons (Fsp3) is 0.857. The second kappa shape index (κ2) is 12.7. The number of hydrogen-bond donors (Lipinski definition) is 0. The van der Waals surface area contributed by atoms with Crippen LogP contribution < -0.4 is 0 Å². The van der Waals surface area contributed by atoms with E-state index in [1.54, 1.807) is 0 Å². The van der Waals surface area contributed by atoms with Gasteiger partial charge in [0.15, 0.2) is 0 Å². The molecule has 0 aliphatic rings. The minimum absolute atomic E-state index is 0.580. The van der Waals surface area contributed by atoms with Gasteiger partial charge in [0.05, 0.1) is 51.9 Å². The van der Waals surface area contributed by atoms with Crippen LogP contribution in [-0.2, 0) is 31.9 Å². The smallest absolute Gasteiger partial charge is 0.0850 e. The molecule has 7 nitrogen and oxygen atoms in total. The number of nitrogens with zero attached hydrogens (tertiary/aromatic N) is 3. The maximum Gasteiger partial charge on any atom is 0.0850 e. The van der Waals surface area contributed by atoms with Crippen molar-refractivity contribution in [3.05, 3.63) is 11.9 Å². The molecule has 1 aromatic heterocycles. The van der Waals surface area contributed by atoms with Crippen molar-refractivity contribution in [2.24, 2.45) is 0 Å². The van der Waals surface area contributed by atoms with Crippen LogP contribution in [0, 0.1) is 0 Å². The van der Waals surface area contributed by atoms with Gasteiger partial charge in [-0.15, -0.1) is 5.10 Å². The summed E-state index contributed by atoms with van der Waals surface area (Å²) in [7, 11) is 0. The average molecular weight is 301 g/mol. The topological polar surface area (TPSA) is 67.6 Å².